The first-order valence-corrected chi connectivity index (χ1v) is 9.04. The van der Waals surface area contributed by atoms with E-state index in [0.29, 0.717) is 32.0 Å². The molecule has 0 atom stereocenters. The molecule has 1 aliphatic rings. The lowest BCUT2D eigenvalue weighted by Gasteiger charge is -2.18. The molecule has 2 aromatic carbocycles. The van der Waals surface area contributed by atoms with Crippen molar-refractivity contribution >= 4 is 58.4 Å². The summed E-state index contributed by atoms with van der Waals surface area (Å²) < 4.78 is 4.88. The summed E-state index contributed by atoms with van der Waals surface area (Å²) in [6, 6.07) is 11.8. The molecule has 0 aromatic heterocycles. The van der Waals surface area contributed by atoms with Gasteiger partial charge in [0.25, 0.3) is 5.91 Å². The van der Waals surface area contributed by atoms with Gasteiger partial charge in [-0.15, -0.1) is 0 Å². The number of carbonyl (C=O) groups is 2. The monoisotopic (exact) mass is 421 g/mol. The maximum absolute atomic E-state index is 13.1. The van der Waals surface area contributed by atoms with E-state index in [1.54, 1.807) is 55.5 Å². The lowest BCUT2D eigenvalue weighted by atomic mass is 10.0. The van der Waals surface area contributed by atoms with Crippen molar-refractivity contribution < 1.29 is 14.3 Å². The van der Waals surface area contributed by atoms with Crippen molar-refractivity contribution in [2.75, 3.05) is 12.0 Å². The number of nitrogens with zero attached hydrogens (tertiary/aromatic N) is 1. The van der Waals surface area contributed by atoms with Gasteiger partial charge in [0.1, 0.15) is 0 Å². The third-order valence-electron chi connectivity index (χ3n) is 4.16. The minimum Gasteiger partial charge on any atom is -0.465 e. The van der Waals surface area contributed by atoms with Gasteiger partial charge in [0.05, 0.1) is 28.3 Å². The Bertz CT molecular complexity index is 994. The number of benzene rings is 2. The Morgan fingerprint density at radius 2 is 1.74 bits per heavy atom. The zero-order valence-electron chi connectivity index (χ0n) is 14.4. The van der Waals surface area contributed by atoms with Gasteiger partial charge in [0.15, 0.2) is 0 Å². The molecule has 0 saturated heterocycles. The van der Waals surface area contributed by atoms with Gasteiger partial charge in [0.2, 0.25) is 0 Å². The first-order valence-electron chi connectivity index (χ1n) is 7.90. The van der Waals surface area contributed by atoms with Gasteiger partial charge in [0, 0.05) is 16.4 Å². The minimum atomic E-state index is -0.610. The molecular formula is C20H14Cl3NO3. The topological polar surface area (TPSA) is 46.6 Å². The number of allylic oxidation sites excluding steroid dienone is 1. The van der Waals surface area contributed by atoms with Crippen LogP contribution in [-0.4, -0.2) is 19.0 Å². The zero-order valence-corrected chi connectivity index (χ0v) is 16.7. The van der Waals surface area contributed by atoms with Crippen LogP contribution in [0.15, 0.2) is 59.3 Å². The number of ether oxygens (including phenoxy) is 1. The van der Waals surface area contributed by atoms with Crippen molar-refractivity contribution in [2.45, 2.75) is 6.92 Å². The highest BCUT2D eigenvalue weighted by atomic mass is 35.5. The number of esters is 1. The molecular weight excluding hydrogens is 409 g/mol. The van der Waals surface area contributed by atoms with E-state index in [1.165, 1.54) is 12.0 Å². The number of hydrogen-bond donors (Lipinski definition) is 0. The second-order valence-corrected chi connectivity index (χ2v) is 6.99. The Kier molecular flexibility index (Phi) is 5.61. The minimum absolute atomic E-state index is 0.175. The van der Waals surface area contributed by atoms with E-state index in [9.17, 15) is 9.59 Å². The molecule has 0 radical (unpaired) electrons. The summed E-state index contributed by atoms with van der Waals surface area (Å²) in [6.45, 7) is 1.68. The highest BCUT2D eigenvalue weighted by Crippen LogP contribution is 2.37. The fourth-order valence-electron chi connectivity index (χ4n) is 2.87. The van der Waals surface area contributed by atoms with Crippen LogP contribution in [0.1, 0.15) is 12.5 Å². The molecule has 0 bridgehead atoms. The van der Waals surface area contributed by atoms with E-state index in [-0.39, 0.29) is 17.1 Å². The highest BCUT2D eigenvalue weighted by Gasteiger charge is 2.38. The van der Waals surface area contributed by atoms with Gasteiger partial charge >= 0.3 is 5.97 Å². The molecule has 1 amide bonds. The van der Waals surface area contributed by atoms with Gasteiger partial charge < -0.3 is 4.74 Å². The summed E-state index contributed by atoms with van der Waals surface area (Å²) in [5, 5.41) is 1.19. The predicted molar refractivity (Wildman–Crippen MR) is 108 cm³/mol. The largest absolute Gasteiger partial charge is 0.465 e. The van der Waals surface area contributed by atoms with Gasteiger partial charge in [-0.3, -0.25) is 9.69 Å². The molecule has 4 nitrogen and oxygen atoms in total. The molecule has 1 heterocycles. The molecule has 27 heavy (non-hydrogen) atoms. The number of amides is 1. The summed E-state index contributed by atoms with van der Waals surface area (Å²) in [7, 11) is 1.27. The van der Waals surface area contributed by atoms with E-state index in [2.05, 4.69) is 0 Å². The second kappa shape index (κ2) is 7.77. The van der Waals surface area contributed by atoms with Crippen molar-refractivity contribution in [3.63, 3.8) is 0 Å². The van der Waals surface area contributed by atoms with Gasteiger partial charge in [-0.05, 0) is 48.9 Å². The van der Waals surface area contributed by atoms with Crippen molar-refractivity contribution in [2.24, 2.45) is 0 Å². The summed E-state index contributed by atoms with van der Waals surface area (Å²) >= 11 is 18.2. The van der Waals surface area contributed by atoms with Crippen molar-refractivity contribution in [1.82, 2.24) is 0 Å². The summed E-state index contributed by atoms with van der Waals surface area (Å²) in [4.78, 5) is 26.9. The van der Waals surface area contributed by atoms with E-state index in [4.69, 9.17) is 39.5 Å². The number of hydrogen-bond acceptors (Lipinski definition) is 3. The molecule has 0 fully saturated rings. The fraction of sp³-hybridized carbons (Fsp3) is 0.100. The number of halogens is 3. The Labute approximate surface area is 171 Å². The normalized spacial score (nSPS) is 15.7. The van der Waals surface area contributed by atoms with Crippen LogP contribution in [0.2, 0.25) is 15.1 Å². The predicted octanol–water partition coefficient (Wildman–Crippen LogP) is 5.52. The average Bonchev–Trinajstić information content (AvgIpc) is 2.89. The first-order chi connectivity index (χ1) is 12.8. The fourth-order valence-corrected chi connectivity index (χ4v) is 3.36. The van der Waals surface area contributed by atoms with Crippen LogP contribution in [0, 0.1) is 0 Å². The maximum Gasteiger partial charge on any atom is 0.340 e. The Balaban J connectivity index is 2.17. The molecule has 138 valence electrons. The van der Waals surface area contributed by atoms with E-state index in [0.717, 1.165) is 0 Å². The van der Waals surface area contributed by atoms with E-state index >= 15 is 0 Å². The second-order valence-electron chi connectivity index (χ2n) is 5.77. The summed E-state index contributed by atoms with van der Waals surface area (Å²) in [5.41, 5.74) is 1.93. The molecule has 0 spiro atoms. The van der Waals surface area contributed by atoms with Crippen LogP contribution >= 0.6 is 34.8 Å². The molecule has 0 N–H and O–H groups in total. The quantitative estimate of drug-likeness (QED) is 0.483. The molecule has 0 aliphatic carbocycles. The van der Waals surface area contributed by atoms with Crippen LogP contribution in [0.3, 0.4) is 0 Å². The average molecular weight is 423 g/mol. The van der Waals surface area contributed by atoms with Crippen molar-refractivity contribution in [1.29, 1.82) is 0 Å². The zero-order chi connectivity index (χ0) is 19.7. The number of anilines is 1. The van der Waals surface area contributed by atoms with Crippen LogP contribution in [-0.2, 0) is 14.3 Å². The van der Waals surface area contributed by atoms with E-state index in [1.807, 2.05) is 0 Å². The highest BCUT2D eigenvalue weighted by molar-refractivity contribution is 6.43. The number of methoxy groups -OCH3 is 1. The molecule has 7 heteroatoms. The third-order valence-corrected chi connectivity index (χ3v) is 5.24. The lowest BCUT2D eigenvalue weighted by molar-refractivity contribution is -0.136. The van der Waals surface area contributed by atoms with Crippen molar-refractivity contribution in [3.05, 3.63) is 79.9 Å². The van der Waals surface area contributed by atoms with Crippen LogP contribution in [0.5, 0.6) is 0 Å². The molecule has 0 saturated carbocycles. The Morgan fingerprint density at radius 3 is 2.37 bits per heavy atom. The molecule has 1 aliphatic heterocycles. The van der Waals surface area contributed by atoms with Crippen molar-refractivity contribution in [3.8, 4) is 0 Å². The summed E-state index contributed by atoms with van der Waals surface area (Å²) in [6.07, 6.45) is 1.54. The number of rotatable bonds is 3. The van der Waals surface area contributed by atoms with Gasteiger partial charge in [-0.1, -0.05) is 46.9 Å². The Hall–Kier alpha value is -2.27. The molecule has 0 unspecified atom stereocenters. The lowest BCUT2D eigenvalue weighted by Crippen LogP contribution is -2.24. The van der Waals surface area contributed by atoms with Gasteiger partial charge in [-0.25, -0.2) is 4.79 Å². The molecule has 2 aromatic rings. The molecule has 3 rings (SSSR count). The van der Waals surface area contributed by atoms with E-state index < -0.39 is 5.97 Å². The number of carbonyl (C=O) groups excluding carboxylic acids is 2. The van der Waals surface area contributed by atoms with Gasteiger partial charge in [-0.2, -0.15) is 0 Å². The van der Waals surface area contributed by atoms with Crippen LogP contribution in [0.4, 0.5) is 5.69 Å². The standard InChI is InChI=1S/C20H14Cl3NO3/c1-11-17(20(26)27-2)15(10-12-4-3-5-16(22)18(12)23)19(25)24(11)14-8-6-13(21)7-9-14/h3-10H,1-2H3/b15-10-. The smallest absolute Gasteiger partial charge is 0.340 e. The Morgan fingerprint density at radius 1 is 1.07 bits per heavy atom. The third kappa shape index (κ3) is 3.61. The van der Waals surface area contributed by atoms with Crippen LogP contribution < -0.4 is 4.90 Å². The van der Waals surface area contributed by atoms with Crippen LogP contribution in [0.25, 0.3) is 6.08 Å². The summed E-state index contributed by atoms with van der Waals surface area (Å²) in [5.74, 6) is -0.979. The SMILES string of the molecule is COC(=O)C1=C(C)N(c2ccc(Cl)cc2)C(=O)/C1=C\c1cccc(Cl)c1Cl. The first kappa shape index (κ1) is 19.5. The maximum atomic E-state index is 13.1.